The van der Waals surface area contributed by atoms with Crippen molar-refractivity contribution in [2.75, 3.05) is 0 Å². The molecule has 0 amide bonds. The van der Waals surface area contributed by atoms with Crippen molar-refractivity contribution >= 4 is 5.97 Å². The summed E-state index contributed by atoms with van der Waals surface area (Å²) in [6.07, 6.45) is 16.3. The molecule has 0 aromatic heterocycles. The summed E-state index contributed by atoms with van der Waals surface area (Å²) >= 11 is 0. The summed E-state index contributed by atoms with van der Waals surface area (Å²) in [5.41, 5.74) is 2.14. The number of benzene rings is 2. The Morgan fingerprint density at radius 3 is 1.88 bits per heavy atom. The average Bonchev–Trinajstić information content (AvgIpc) is 2.80. The number of rotatable bonds is 16. The van der Waals surface area contributed by atoms with E-state index in [1.807, 2.05) is 36.4 Å². The number of carbonyl (C=O) groups is 1. The van der Waals surface area contributed by atoms with Crippen LogP contribution in [0.4, 0.5) is 0 Å². The van der Waals surface area contributed by atoms with Crippen LogP contribution in [0, 0.1) is 0 Å². The lowest BCUT2D eigenvalue weighted by Gasteiger charge is -2.12. The summed E-state index contributed by atoms with van der Waals surface area (Å²) in [7, 11) is 0. The van der Waals surface area contributed by atoms with E-state index in [2.05, 4.69) is 13.8 Å². The molecule has 2 aromatic carbocycles. The van der Waals surface area contributed by atoms with Gasteiger partial charge in [-0.05, 0) is 48.9 Å². The van der Waals surface area contributed by atoms with Crippen LogP contribution in [0.25, 0.3) is 0 Å². The zero-order valence-electron chi connectivity index (χ0n) is 20.2. The lowest BCUT2D eigenvalue weighted by atomic mass is 10.0. The fourth-order valence-corrected chi connectivity index (χ4v) is 4.11. The summed E-state index contributed by atoms with van der Waals surface area (Å²) in [6.45, 7) is 4.45. The number of ether oxygens (including phenoxy) is 1. The number of hydrogen-bond donors (Lipinski definition) is 1. The smallest absolute Gasteiger partial charge is 0.347 e. The summed E-state index contributed by atoms with van der Waals surface area (Å²) in [6, 6.07) is 13.2. The Labute approximate surface area is 195 Å². The number of unbranched alkanes of at least 4 members (excludes halogenated alkanes) is 10. The van der Waals surface area contributed by atoms with Gasteiger partial charge in [0.15, 0.2) is 0 Å². The molecule has 0 fully saturated rings. The Kier molecular flexibility index (Phi) is 12.6. The highest BCUT2D eigenvalue weighted by atomic mass is 16.5. The molecule has 0 aliphatic rings. The van der Waals surface area contributed by atoms with Gasteiger partial charge in [0.25, 0.3) is 0 Å². The van der Waals surface area contributed by atoms with Crippen LogP contribution in [0.3, 0.4) is 0 Å². The van der Waals surface area contributed by atoms with Gasteiger partial charge in [-0.15, -0.1) is 0 Å². The Morgan fingerprint density at radius 1 is 0.688 bits per heavy atom. The van der Waals surface area contributed by atoms with Gasteiger partial charge in [-0.25, -0.2) is 4.79 Å². The van der Waals surface area contributed by atoms with Crippen molar-refractivity contribution in [3.8, 4) is 11.5 Å². The molecular formula is C29H42O3. The molecule has 0 bridgehead atoms. The van der Waals surface area contributed by atoms with Crippen molar-refractivity contribution in [2.45, 2.75) is 104 Å². The fourth-order valence-electron chi connectivity index (χ4n) is 4.11. The van der Waals surface area contributed by atoms with Crippen LogP contribution in [0.5, 0.6) is 11.5 Å². The fraction of sp³-hybridized carbons (Fsp3) is 0.552. The van der Waals surface area contributed by atoms with Crippen molar-refractivity contribution in [1.29, 1.82) is 0 Å². The quantitative estimate of drug-likeness (QED) is 0.162. The average molecular weight is 439 g/mol. The van der Waals surface area contributed by atoms with Gasteiger partial charge in [0.05, 0.1) is 0 Å². The van der Waals surface area contributed by atoms with Crippen LogP contribution < -0.4 is 4.74 Å². The molecule has 0 aliphatic carbocycles. The van der Waals surface area contributed by atoms with E-state index in [9.17, 15) is 9.90 Å². The number of aromatic hydroxyl groups is 1. The normalized spacial score (nSPS) is 10.9. The van der Waals surface area contributed by atoms with E-state index in [0.717, 1.165) is 43.2 Å². The molecule has 0 unspecified atom stereocenters. The Hall–Kier alpha value is -2.29. The second-order valence-corrected chi connectivity index (χ2v) is 8.85. The molecule has 2 aromatic rings. The van der Waals surface area contributed by atoms with Crippen LogP contribution >= 0.6 is 0 Å². The Balaban J connectivity index is 1.92. The maximum atomic E-state index is 12.9. The predicted molar refractivity (Wildman–Crippen MR) is 134 cm³/mol. The van der Waals surface area contributed by atoms with Crippen molar-refractivity contribution in [3.63, 3.8) is 0 Å². The third-order valence-electron chi connectivity index (χ3n) is 6.11. The first kappa shape index (κ1) is 26.0. The lowest BCUT2D eigenvalue weighted by Crippen LogP contribution is -2.11. The third kappa shape index (κ3) is 9.06. The molecule has 0 aliphatic heterocycles. The maximum absolute atomic E-state index is 12.9. The molecule has 176 valence electrons. The van der Waals surface area contributed by atoms with Gasteiger partial charge in [0, 0.05) is 0 Å². The first-order chi connectivity index (χ1) is 15.7. The molecule has 3 nitrogen and oxygen atoms in total. The minimum atomic E-state index is -0.484. The maximum Gasteiger partial charge on any atom is 0.347 e. The van der Waals surface area contributed by atoms with Crippen molar-refractivity contribution < 1.29 is 14.6 Å². The molecule has 0 atom stereocenters. The predicted octanol–water partition coefficient (Wildman–Crippen LogP) is 8.42. The van der Waals surface area contributed by atoms with Crippen molar-refractivity contribution in [1.82, 2.24) is 0 Å². The zero-order chi connectivity index (χ0) is 23.0. The first-order valence-corrected chi connectivity index (χ1v) is 12.8. The van der Waals surface area contributed by atoms with Crippen LogP contribution in [0.15, 0.2) is 42.5 Å². The minimum absolute atomic E-state index is 0.0689. The van der Waals surface area contributed by atoms with Crippen molar-refractivity contribution in [2.24, 2.45) is 0 Å². The molecule has 3 heteroatoms. The second-order valence-electron chi connectivity index (χ2n) is 8.85. The molecule has 0 heterocycles. The van der Waals surface area contributed by atoms with E-state index in [1.165, 1.54) is 57.8 Å². The van der Waals surface area contributed by atoms with E-state index in [1.54, 1.807) is 6.07 Å². The monoisotopic (exact) mass is 438 g/mol. The van der Waals surface area contributed by atoms with E-state index >= 15 is 0 Å². The van der Waals surface area contributed by atoms with Gasteiger partial charge >= 0.3 is 5.97 Å². The number of hydrogen-bond acceptors (Lipinski definition) is 3. The van der Waals surface area contributed by atoms with E-state index in [-0.39, 0.29) is 11.3 Å². The van der Waals surface area contributed by atoms with Crippen LogP contribution in [0.2, 0.25) is 0 Å². The largest absolute Gasteiger partial charge is 0.507 e. The molecule has 0 saturated heterocycles. The highest BCUT2D eigenvalue weighted by molar-refractivity contribution is 5.94. The number of esters is 1. The number of carbonyl (C=O) groups excluding carboxylic acids is 1. The molecule has 32 heavy (non-hydrogen) atoms. The van der Waals surface area contributed by atoms with Gasteiger partial charge in [0.1, 0.15) is 17.1 Å². The standard InChI is InChI=1S/C29H42O3/c1-3-5-7-9-11-13-18-24-19-15-16-23-27(24)32-29(31)26-22-17-21-25(28(26)30)20-14-12-10-8-6-4-2/h15-17,19,21-23,30H,3-14,18,20H2,1-2H3. The minimum Gasteiger partial charge on any atom is -0.507 e. The van der Waals surface area contributed by atoms with Crippen LogP contribution in [-0.2, 0) is 12.8 Å². The van der Waals surface area contributed by atoms with Crippen molar-refractivity contribution in [3.05, 3.63) is 59.2 Å². The molecule has 0 spiro atoms. The van der Waals surface area contributed by atoms with Gasteiger partial charge in [0.2, 0.25) is 0 Å². The highest BCUT2D eigenvalue weighted by Crippen LogP contribution is 2.27. The molecule has 0 saturated carbocycles. The number of phenolic OH excluding ortho intramolecular Hbond substituents is 1. The van der Waals surface area contributed by atoms with Gasteiger partial charge in [-0.3, -0.25) is 0 Å². The van der Waals surface area contributed by atoms with E-state index in [0.29, 0.717) is 5.75 Å². The molecule has 1 N–H and O–H groups in total. The highest BCUT2D eigenvalue weighted by Gasteiger charge is 2.17. The van der Waals surface area contributed by atoms with Gasteiger partial charge in [-0.1, -0.05) is 108 Å². The van der Waals surface area contributed by atoms with Crippen LogP contribution in [0.1, 0.15) is 112 Å². The molecular weight excluding hydrogens is 396 g/mol. The van der Waals surface area contributed by atoms with Gasteiger partial charge < -0.3 is 9.84 Å². The number of para-hydroxylation sites is 2. The van der Waals surface area contributed by atoms with Gasteiger partial charge in [-0.2, -0.15) is 0 Å². The third-order valence-corrected chi connectivity index (χ3v) is 6.11. The van der Waals surface area contributed by atoms with E-state index < -0.39 is 5.97 Å². The number of aryl methyl sites for hydroxylation is 2. The summed E-state index contributed by atoms with van der Waals surface area (Å²) in [4.78, 5) is 12.9. The summed E-state index contributed by atoms with van der Waals surface area (Å²) in [5.74, 6) is 0.189. The zero-order valence-corrected chi connectivity index (χ0v) is 20.2. The Morgan fingerprint density at radius 2 is 1.22 bits per heavy atom. The Bertz CT molecular complexity index is 797. The topological polar surface area (TPSA) is 46.5 Å². The summed E-state index contributed by atoms with van der Waals surface area (Å²) < 4.78 is 5.73. The SMILES string of the molecule is CCCCCCCCc1ccccc1OC(=O)c1cccc(CCCCCCCC)c1O. The molecule has 2 rings (SSSR count). The lowest BCUT2D eigenvalue weighted by molar-refractivity contribution is 0.0729. The summed E-state index contributed by atoms with van der Waals surface area (Å²) in [5, 5.41) is 10.7. The first-order valence-electron chi connectivity index (χ1n) is 12.8. The van der Waals surface area contributed by atoms with E-state index in [4.69, 9.17) is 4.74 Å². The molecule has 0 radical (unpaired) electrons. The number of phenols is 1. The van der Waals surface area contributed by atoms with Crippen LogP contribution in [-0.4, -0.2) is 11.1 Å². The second kappa shape index (κ2) is 15.5.